The summed E-state index contributed by atoms with van der Waals surface area (Å²) < 4.78 is 0. The third kappa shape index (κ3) is 5.32. The average Bonchev–Trinajstić information content (AvgIpc) is 3.19. The molecule has 1 unspecified atom stereocenters. The van der Waals surface area contributed by atoms with Crippen LogP contribution in [0.2, 0.25) is 0 Å². The number of aromatic nitrogens is 3. The van der Waals surface area contributed by atoms with Gasteiger partial charge in [0.05, 0.1) is 0 Å². The van der Waals surface area contributed by atoms with Crippen LogP contribution in [0.5, 0.6) is 5.75 Å². The normalized spacial score (nSPS) is 19.4. The average molecular weight is 502 g/mol. The number of hydrogen-bond donors (Lipinski definition) is 2. The van der Waals surface area contributed by atoms with Crippen LogP contribution < -0.4 is 0 Å². The second-order valence-electron chi connectivity index (χ2n) is 13.9. The highest BCUT2D eigenvalue weighted by atomic mass is 16.3. The van der Waals surface area contributed by atoms with E-state index in [9.17, 15) is 10.2 Å². The number of aliphatic hydroxyl groups excluding tert-OH is 1. The van der Waals surface area contributed by atoms with Crippen molar-refractivity contribution in [2.45, 2.75) is 87.0 Å². The first-order chi connectivity index (χ1) is 17.0. The molecule has 1 heterocycles. The molecule has 0 spiro atoms. The predicted molar refractivity (Wildman–Crippen MR) is 153 cm³/mol. The van der Waals surface area contributed by atoms with E-state index in [4.69, 9.17) is 10.2 Å². The fraction of sp³-hybridized carbons (Fsp3) is 0.500. The van der Waals surface area contributed by atoms with Crippen molar-refractivity contribution in [1.82, 2.24) is 15.0 Å². The number of benzene rings is 2. The Bertz CT molecular complexity index is 1350. The van der Waals surface area contributed by atoms with Gasteiger partial charge in [-0.1, -0.05) is 92.6 Å². The van der Waals surface area contributed by atoms with Gasteiger partial charge in [0.2, 0.25) is 0 Å². The highest BCUT2D eigenvalue weighted by molar-refractivity contribution is 5.75. The Morgan fingerprint density at radius 1 is 0.865 bits per heavy atom. The van der Waals surface area contributed by atoms with Gasteiger partial charge in [0, 0.05) is 6.42 Å². The van der Waals surface area contributed by atoms with Crippen molar-refractivity contribution in [2.24, 2.45) is 16.2 Å². The van der Waals surface area contributed by atoms with Gasteiger partial charge in [-0.05, 0) is 69.4 Å². The summed E-state index contributed by atoms with van der Waals surface area (Å²) in [7, 11) is 0. The summed E-state index contributed by atoms with van der Waals surface area (Å²) in [6.45, 7) is 20.0. The van der Waals surface area contributed by atoms with Crippen molar-refractivity contribution in [3.63, 3.8) is 0 Å². The number of nitrogens with zero attached hydrogens (tertiary/aromatic N) is 3. The summed E-state index contributed by atoms with van der Waals surface area (Å²) in [6.07, 6.45) is 4.32. The molecule has 1 aliphatic rings. The first kappa shape index (κ1) is 27.0. The lowest BCUT2D eigenvalue weighted by Crippen LogP contribution is -2.39. The van der Waals surface area contributed by atoms with Crippen LogP contribution in [-0.2, 0) is 11.8 Å². The SMILES string of the molecule is CC(C)(C)CC(C)(C)C1(C)C=C(n2nc3ccccc3n2)C(O)=C(Cc2cccc(C(C)(C)C)c2O)C1. The maximum absolute atomic E-state index is 11.6. The molecule has 0 amide bonds. The Balaban J connectivity index is 1.86. The van der Waals surface area contributed by atoms with Crippen molar-refractivity contribution >= 4 is 16.7 Å². The van der Waals surface area contributed by atoms with Gasteiger partial charge in [0.25, 0.3) is 0 Å². The van der Waals surface area contributed by atoms with Crippen molar-refractivity contribution in [3.8, 4) is 5.75 Å². The Morgan fingerprint density at radius 3 is 2.00 bits per heavy atom. The number of rotatable bonds is 5. The van der Waals surface area contributed by atoms with E-state index in [1.807, 2.05) is 42.5 Å². The molecule has 1 aliphatic carbocycles. The van der Waals surface area contributed by atoms with E-state index in [2.05, 4.69) is 68.4 Å². The monoisotopic (exact) mass is 501 g/mol. The molecule has 0 radical (unpaired) electrons. The molecule has 37 heavy (non-hydrogen) atoms. The Labute approximate surface area is 221 Å². The Morgan fingerprint density at radius 2 is 1.46 bits per heavy atom. The van der Waals surface area contributed by atoms with Crippen LogP contribution in [-0.4, -0.2) is 25.2 Å². The number of phenolic OH excluding ortho intramolecular Hbond substituents is 1. The topological polar surface area (TPSA) is 71.2 Å². The Hall–Kier alpha value is -3.08. The quantitative estimate of drug-likeness (QED) is 0.369. The highest BCUT2D eigenvalue weighted by Gasteiger charge is 2.45. The summed E-state index contributed by atoms with van der Waals surface area (Å²) in [5, 5.41) is 32.3. The summed E-state index contributed by atoms with van der Waals surface area (Å²) in [6, 6.07) is 13.7. The van der Waals surface area contributed by atoms with Crippen LogP contribution in [0.4, 0.5) is 0 Å². The third-order valence-corrected chi connectivity index (χ3v) is 7.97. The number of allylic oxidation sites excluding steroid dienone is 3. The van der Waals surface area contributed by atoms with Gasteiger partial charge < -0.3 is 10.2 Å². The summed E-state index contributed by atoms with van der Waals surface area (Å²) in [5.41, 5.74) is 4.41. The molecule has 0 fully saturated rings. The molecule has 2 N–H and O–H groups in total. The second-order valence-corrected chi connectivity index (χ2v) is 13.9. The maximum Gasteiger partial charge on any atom is 0.142 e. The van der Waals surface area contributed by atoms with E-state index in [1.165, 1.54) is 0 Å². The van der Waals surface area contributed by atoms with Gasteiger partial charge in [0.1, 0.15) is 28.2 Å². The van der Waals surface area contributed by atoms with Crippen molar-refractivity contribution in [2.75, 3.05) is 0 Å². The van der Waals surface area contributed by atoms with Gasteiger partial charge >= 0.3 is 0 Å². The van der Waals surface area contributed by atoms with E-state index >= 15 is 0 Å². The molecule has 2 aromatic carbocycles. The number of hydrogen-bond acceptors (Lipinski definition) is 4. The molecule has 0 saturated heterocycles. The second kappa shape index (κ2) is 9.04. The molecule has 198 valence electrons. The smallest absolute Gasteiger partial charge is 0.142 e. The van der Waals surface area contributed by atoms with Gasteiger partial charge in [0.15, 0.2) is 0 Å². The van der Waals surface area contributed by atoms with E-state index < -0.39 is 0 Å². The summed E-state index contributed by atoms with van der Waals surface area (Å²) in [4.78, 5) is 1.58. The van der Waals surface area contributed by atoms with E-state index in [-0.39, 0.29) is 27.4 Å². The van der Waals surface area contributed by atoms with Crippen LogP contribution in [0.25, 0.3) is 16.7 Å². The fourth-order valence-electron chi connectivity index (χ4n) is 5.93. The summed E-state index contributed by atoms with van der Waals surface area (Å²) in [5.74, 6) is 0.509. The van der Waals surface area contributed by atoms with Crippen LogP contribution in [0, 0.1) is 16.2 Å². The van der Waals surface area contributed by atoms with Crippen molar-refractivity contribution < 1.29 is 10.2 Å². The zero-order valence-electron chi connectivity index (χ0n) is 24.0. The lowest BCUT2D eigenvalue weighted by molar-refractivity contribution is 0.0795. The minimum atomic E-state index is -0.270. The number of phenols is 1. The zero-order chi connectivity index (χ0) is 27.4. The predicted octanol–water partition coefficient (Wildman–Crippen LogP) is 8.20. The molecule has 1 atom stereocenters. The fourth-order valence-corrected chi connectivity index (χ4v) is 5.93. The van der Waals surface area contributed by atoms with Crippen LogP contribution in [0.3, 0.4) is 0 Å². The lowest BCUT2D eigenvalue weighted by Gasteiger charge is -2.48. The van der Waals surface area contributed by atoms with Gasteiger partial charge in [-0.2, -0.15) is 0 Å². The van der Waals surface area contributed by atoms with Crippen LogP contribution >= 0.6 is 0 Å². The number of aliphatic hydroxyl groups is 1. The molecule has 5 nitrogen and oxygen atoms in total. The standard InChI is InChI=1S/C32H43N3O2/c1-29(2,3)20-31(7,8)32(9)18-22(17-21-13-12-14-23(27(21)36)30(4,5)6)28(37)26(19-32)35-33-24-15-10-11-16-25(24)34-35/h10-16,19,36-37H,17-18,20H2,1-9H3. The minimum absolute atomic E-state index is 0.0790. The van der Waals surface area contributed by atoms with Crippen LogP contribution in [0.15, 0.2) is 59.9 Å². The zero-order valence-corrected chi connectivity index (χ0v) is 24.0. The summed E-state index contributed by atoms with van der Waals surface area (Å²) >= 11 is 0. The van der Waals surface area contributed by atoms with Crippen LogP contribution in [0.1, 0.15) is 86.3 Å². The number of aromatic hydroxyl groups is 1. The molecular formula is C32H43N3O2. The third-order valence-electron chi connectivity index (χ3n) is 7.97. The molecular weight excluding hydrogens is 458 g/mol. The Kier molecular flexibility index (Phi) is 6.59. The van der Waals surface area contributed by atoms with Crippen molar-refractivity contribution in [3.05, 3.63) is 71.0 Å². The maximum atomic E-state index is 11.6. The largest absolute Gasteiger partial charge is 0.507 e. The van der Waals surface area contributed by atoms with Gasteiger partial charge in [-0.15, -0.1) is 15.0 Å². The number of fused-ring (bicyclic) bond motifs is 1. The first-order valence-corrected chi connectivity index (χ1v) is 13.3. The molecule has 0 saturated carbocycles. The lowest BCUT2D eigenvalue weighted by atomic mass is 9.57. The van der Waals surface area contributed by atoms with Gasteiger partial charge in [-0.25, -0.2) is 0 Å². The number of para-hydroxylation sites is 1. The van der Waals surface area contributed by atoms with Gasteiger partial charge in [-0.3, -0.25) is 0 Å². The molecule has 4 rings (SSSR count). The van der Waals surface area contributed by atoms with E-state index in [1.54, 1.807) is 4.80 Å². The molecule has 3 aromatic rings. The first-order valence-electron chi connectivity index (χ1n) is 13.3. The van der Waals surface area contributed by atoms with Crippen molar-refractivity contribution in [1.29, 1.82) is 0 Å². The van der Waals surface area contributed by atoms with E-state index in [0.717, 1.165) is 34.2 Å². The van der Waals surface area contributed by atoms with E-state index in [0.29, 0.717) is 24.3 Å². The highest BCUT2D eigenvalue weighted by Crippen LogP contribution is 2.54. The minimum Gasteiger partial charge on any atom is -0.507 e. The molecule has 0 aliphatic heterocycles. The molecule has 0 bridgehead atoms. The molecule has 1 aromatic heterocycles. The molecule has 5 heteroatoms.